The minimum Gasteiger partial charge on any atom is -0.267 e. The molecule has 11 heavy (non-hydrogen) atoms. The van der Waals surface area contributed by atoms with Crippen LogP contribution in [0.3, 0.4) is 0 Å². The van der Waals surface area contributed by atoms with Gasteiger partial charge in [0.1, 0.15) is 0 Å². The molecular weight excluding hydrogens is 144 g/mol. The second-order valence-electron chi connectivity index (χ2n) is 2.46. The summed E-state index contributed by atoms with van der Waals surface area (Å²) in [6, 6.07) is 1.36. The van der Waals surface area contributed by atoms with Crippen LogP contribution >= 0.6 is 0 Å². The fourth-order valence-electron chi connectivity index (χ4n) is 1.12. The van der Waals surface area contributed by atoms with Gasteiger partial charge in [0.25, 0.3) is 11.1 Å². The molecule has 0 bridgehead atoms. The molecule has 56 valence electrons. The van der Waals surface area contributed by atoms with Gasteiger partial charge >= 0.3 is 0 Å². The van der Waals surface area contributed by atoms with Gasteiger partial charge < -0.3 is 0 Å². The van der Waals surface area contributed by atoms with Gasteiger partial charge in [0.15, 0.2) is 0 Å². The van der Waals surface area contributed by atoms with Crippen molar-refractivity contribution in [3.63, 3.8) is 0 Å². The SMILES string of the molecule is Cc1cn2ccc(=O)n2c1=O. The molecule has 0 aliphatic carbocycles. The average molecular weight is 150 g/mol. The summed E-state index contributed by atoms with van der Waals surface area (Å²) in [5, 5.41) is 0. The summed E-state index contributed by atoms with van der Waals surface area (Å²) in [4.78, 5) is 22.1. The smallest absolute Gasteiger partial charge is 0.267 e. The summed E-state index contributed by atoms with van der Waals surface area (Å²) in [5.41, 5.74) is 0.0748. The summed E-state index contributed by atoms with van der Waals surface area (Å²) in [6.07, 6.45) is 3.19. The Hall–Kier alpha value is -1.58. The number of rotatable bonds is 0. The van der Waals surface area contributed by atoms with Crippen molar-refractivity contribution in [3.8, 4) is 0 Å². The second kappa shape index (κ2) is 1.72. The molecule has 0 atom stereocenters. The number of aryl methyl sites for hydroxylation is 1. The van der Waals surface area contributed by atoms with Crippen molar-refractivity contribution in [3.05, 3.63) is 44.7 Å². The molecule has 2 aromatic heterocycles. The molecule has 2 rings (SSSR count). The zero-order chi connectivity index (χ0) is 8.01. The van der Waals surface area contributed by atoms with Crippen LogP contribution in [0.5, 0.6) is 0 Å². The minimum atomic E-state index is -0.275. The normalized spacial score (nSPS) is 11.0. The quantitative estimate of drug-likeness (QED) is 0.508. The molecule has 2 aromatic rings. The van der Waals surface area contributed by atoms with Crippen molar-refractivity contribution >= 4 is 0 Å². The Bertz CT molecular complexity index is 494. The van der Waals surface area contributed by atoms with E-state index in [9.17, 15) is 9.59 Å². The zero-order valence-electron chi connectivity index (χ0n) is 5.94. The highest BCUT2D eigenvalue weighted by Crippen LogP contribution is 1.87. The van der Waals surface area contributed by atoms with Gasteiger partial charge in [0.2, 0.25) is 0 Å². The molecule has 0 fully saturated rings. The van der Waals surface area contributed by atoms with Gasteiger partial charge in [-0.25, -0.2) is 0 Å². The van der Waals surface area contributed by atoms with Gasteiger partial charge in [-0.2, -0.15) is 4.52 Å². The number of nitrogens with zero attached hydrogens (tertiary/aromatic N) is 2. The maximum absolute atomic E-state index is 11.2. The molecule has 0 unspecified atom stereocenters. The summed E-state index contributed by atoms with van der Waals surface area (Å²) in [7, 11) is 0. The zero-order valence-corrected chi connectivity index (χ0v) is 5.94. The summed E-state index contributed by atoms with van der Waals surface area (Å²) in [5.74, 6) is 0. The first kappa shape index (κ1) is 6.15. The van der Waals surface area contributed by atoms with Crippen molar-refractivity contribution in [1.29, 1.82) is 0 Å². The van der Waals surface area contributed by atoms with Gasteiger partial charge in [-0.1, -0.05) is 0 Å². The number of hydrogen-bond acceptors (Lipinski definition) is 2. The maximum atomic E-state index is 11.2. The number of fused-ring (bicyclic) bond motifs is 1. The monoisotopic (exact) mass is 150 g/mol. The van der Waals surface area contributed by atoms with E-state index in [-0.39, 0.29) is 11.1 Å². The van der Waals surface area contributed by atoms with Crippen molar-refractivity contribution in [1.82, 2.24) is 9.03 Å². The summed E-state index contributed by atoms with van der Waals surface area (Å²) in [6.45, 7) is 1.68. The molecule has 0 aliphatic heterocycles. The van der Waals surface area contributed by atoms with Gasteiger partial charge in [-0.3, -0.25) is 14.1 Å². The standard InChI is InChI=1S/C7H6N2O2/c1-5-4-8-3-2-6(10)9(8)7(5)11/h2-4H,1H3. The molecular formula is C7H6N2O2. The topological polar surface area (TPSA) is 43.0 Å². The lowest BCUT2D eigenvalue weighted by Gasteiger charge is -1.78. The third-order valence-electron chi connectivity index (χ3n) is 1.67. The van der Waals surface area contributed by atoms with Crippen LogP contribution in [0.2, 0.25) is 0 Å². The minimum absolute atomic E-state index is 0.236. The Labute approximate surface area is 61.6 Å². The molecule has 2 heterocycles. The van der Waals surface area contributed by atoms with E-state index in [4.69, 9.17) is 0 Å². The number of hydrogen-bond donors (Lipinski definition) is 0. The van der Waals surface area contributed by atoms with Crippen molar-refractivity contribution < 1.29 is 0 Å². The van der Waals surface area contributed by atoms with Gasteiger partial charge in [0, 0.05) is 24.0 Å². The van der Waals surface area contributed by atoms with E-state index in [1.54, 1.807) is 19.3 Å². The van der Waals surface area contributed by atoms with Gasteiger partial charge in [-0.05, 0) is 6.92 Å². The fourth-order valence-corrected chi connectivity index (χ4v) is 1.12. The van der Waals surface area contributed by atoms with Gasteiger partial charge in [0.05, 0.1) is 0 Å². The Morgan fingerprint density at radius 2 is 2.09 bits per heavy atom. The highest BCUT2D eigenvalue weighted by molar-refractivity contribution is 5.06. The van der Waals surface area contributed by atoms with E-state index in [2.05, 4.69) is 0 Å². The first-order valence-electron chi connectivity index (χ1n) is 3.23. The van der Waals surface area contributed by atoms with Crippen LogP contribution < -0.4 is 11.1 Å². The van der Waals surface area contributed by atoms with Crippen LogP contribution in [0.15, 0.2) is 28.0 Å². The van der Waals surface area contributed by atoms with Crippen LogP contribution in [0.25, 0.3) is 0 Å². The van der Waals surface area contributed by atoms with Crippen LogP contribution in [0.1, 0.15) is 5.56 Å². The van der Waals surface area contributed by atoms with Crippen LogP contribution in [-0.2, 0) is 0 Å². The van der Waals surface area contributed by atoms with Crippen molar-refractivity contribution in [2.45, 2.75) is 6.92 Å². The van der Waals surface area contributed by atoms with Crippen LogP contribution in [0, 0.1) is 6.92 Å². The molecule has 0 saturated heterocycles. The number of aromatic nitrogens is 2. The van der Waals surface area contributed by atoms with E-state index in [1.165, 1.54) is 10.6 Å². The maximum Gasteiger partial charge on any atom is 0.277 e. The highest BCUT2D eigenvalue weighted by Gasteiger charge is 2.03. The lowest BCUT2D eigenvalue weighted by atomic mass is 10.4. The third kappa shape index (κ3) is 0.633. The molecule has 0 radical (unpaired) electrons. The first-order valence-corrected chi connectivity index (χ1v) is 3.23. The Kier molecular flexibility index (Phi) is 0.961. The van der Waals surface area contributed by atoms with E-state index >= 15 is 0 Å². The summed E-state index contributed by atoms with van der Waals surface area (Å²) < 4.78 is 2.58. The predicted molar refractivity (Wildman–Crippen MR) is 39.3 cm³/mol. The third-order valence-corrected chi connectivity index (χ3v) is 1.67. The molecule has 0 N–H and O–H groups in total. The first-order chi connectivity index (χ1) is 5.20. The van der Waals surface area contributed by atoms with Crippen molar-refractivity contribution in [2.24, 2.45) is 0 Å². The summed E-state index contributed by atoms with van der Waals surface area (Å²) >= 11 is 0. The van der Waals surface area contributed by atoms with Crippen molar-refractivity contribution in [2.75, 3.05) is 0 Å². The molecule has 0 aliphatic rings. The Morgan fingerprint density at radius 1 is 1.36 bits per heavy atom. The van der Waals surface area contributed by atoms with E-state index < -0.39 is 0 Å². The second-order valence-corrected chi connectivity index (χ2v) is 2.46. The predicted octanol–water partition coefficient (Wildman–Crippen LogP) is -0.495. The lowest BCUT2D eigenvalue weighted by Crippen LogP contribution is -2.21. The Morgan fingerprint density at radius 3 is 2.73 bits per heavy atom. The lowest BCUT2D eigenvalue weighted by molar-refractivity contribution is 0.805. The molecule has 0 aromatic carbocycles. The van der Waals surface area contributed by atoms with Crippen LogP contribution in [-0.4, -0.2) is 9.03 Å². The molecule has 0 amide bonds. The highest BCUT2D eigenvalue weighted by atomic mass is 16.2. The van der Waals surface area contributed by atoms with E-state index in [0.29, 0.717) is 5.56 Å². The Balaban J connectivity index is 3.20. The fraction of sp³-hybridized carbons (Fsp3) is 0.143. The molecule has 0 spiro atoms. The largest absolute Gasteiger partial charge is 0.277 e. The average Bonchev–Trinajstić information content (AvgIpc) is 2.41. The van der Waals surface area contributed by atoms with E-state index in [1.807, 2.05) is 0 Å². The molecule has 4 heteroatoms. The van der Waals surface area contributed by atoms with Gasteiger partial charge in [-0.15, -0.1) is 0 Å². The van der Waals surface area contributed by atoms with Crippen LogP contribution in [0.4, 0.5) is 0 Å². The van der Waals surface area contributed by atoms with E-state index in [0.717, 1.165) is 4.52 Å². The molecule has 0 saturated carbocycles. The molecule has 4 nitrogen and oxygen atoms in total.